The van der Waals surface area contributed by atoms with Gasteiger partial charge in [0.1, 0.15) is 0 Å². The summed E-state index contributed by atoms with van der Waals surface area (Å²) in [6.07, 6.45) is 0.982. The lowest BCUT2D eigenvalue weighted by Gasteiger charge is -2.24. The molecule has 2 aliphatic heterocycles. The molecule has 0 saturated carbocycles. The lowest BCUT2D eigenvalue weighted by Crippen LogP contribution is -2.37. The Morgan fingerprint density at radius 2 is 1.82 bits per heavy atom. The van der Waals surface area contributed by atoms with Gasteiger partial charge >= 0.3 is 0 Å². The third-order valence-corrected chi connectivity index (χ3v) is 8.28. The van der Waals surface area contributed by atoms with E-state index in [0.29, 0.717) is 18.0 Å². The van der Waals surface area contributed by atoms with Crippen molar-refractivity contribution in [3.63, 3.8) is 0 Å². The molecule has 2 atom stereocenters. The number of aliphatic imine (C=N–C) groups is 1. The van der Waals surface area contributed by atoms with Gasteiger partial charge in [0.2, 0.25) is 5.91 Å². The fourth-order valence-electron chi connectivity index (χ4n) is 3.63. The first kappa shape index (κ1) is 19.2. The number of carbonyl (C=O) groups is 1. The van der Waals surface area contributed by atoms with Crippen LogP contribution in [-0.2, 0) is 21.1 Å². The fraction of sp³-hybridized carbons (Fsp3) is 0.333. The van der Waals surface area contributed by atoms with Gasteiger partial charge in [-0.3, -0.25) is 4.79 Å². The Balaban J connectivity index is 1.56. The Hall–Kier alpha value is -2.12. The Morgan fingerprint density at radius 1 is 1.11 bits per heavy atom. The second-order valence-electron chi connectivity index (χ2n) is 7.28. The zero-order valence-corrected chi connectivity index (χ0v) is 17.2. The second kappa shape index (κ2) is 7.72. The van der Waals surface area contributed by atoms with Crippen LogP contribution in [0.25, 0.3) is 0 Å². The maximum Gasteiger partial charge on any atom is 0.248 e. The number of fused-ring (bicyclic) bond motifs is 1. The van der Waals surface area contributed by atoms with E-state index >= 15 is 0 Å². The van der Waals surface area contributed by atoms with Gasteiger partial charge in [-0.2, -0.15) is 4.99 Å². The summed E-state index contributed by atoms with van der Waals surface area (Å²) in [5.41, 5.74) is 3.12. The van der Waals surface area contributed by atoms with Crippen molar-refractivity contribution in [1.29, 1.82) is 0 Å². The van der Waals surface area contributed by atoms with Crippen molar-refractivity contribution >= 4 is 38.4 Å². The lowest BCUT2D eigenvalue weighted by atomic mass is 10.1. The van der Waals surface area contributed by atoms with Crippen molar-refractivity contribution in [2.24, 2.45) is 4.99 Å². The van der Waals surface area contributed by atoms with E-state index in [-0.39, 0.29) is 28.7 Å². The van der Waals surface area contributed by atoms with Gasteiger partial charge in [-0.15, -0.1) is 0 Å². The topological polar surface area (TPSA) is 66.8 Å². The van der Waals surface area contributed by atoms with Crippen LogP contribution in [0.5, 0.6) is 0 Å². The molecule has 2 aliphatic rings. The normalized spacial score (nSPS) is 24.5. The van der Waals surface area contributed by atoms with E-state index in [0.717, 1.165) is 16.8 Å². The van der Waals surface area contributed by atoms with Gasteiger partial charge in [0, 0.05) is 17.4 Å². The fourth-order valence-corrected chi connectivity index (χ4v) is 7.56. The molecule has 2 saturated heterocycles. The molecule has 0 unspecified atom stereocenters. The summed E-state index contributed by atoms with van der Waals surface area (Å²) < 4.78 is 24.2. The Bertz CT molecular complexity index is 1000. The molecule has 0 radical (unpaired) electrons. The highest BCUT2D eigenvalue weighted by Crippen LogP contribution is 2.41. The number of nitrogens with zero attached hydrogens (tertiary/aromatic N) is 2. The predicted molar refractivity (Wildman–Crippen MR) is 115 cm³/mol. The van der Waals surface area contributed by atoms with E-state index in [1.54, 1.807) is 0 Å². The molecule has 4 rings (SSSR count). The number of sulfone groups is 1. The van der Waals surface area contributed by atoms with E-state index < -0.39 is 9.84 Å². The number of hydrogen-bond acceptors (Lipinski definition) is 4. The molecule has 2 aromatic carbocycles. The minimum absolute atomic E-state index is 0.0769. The number of rotatable bonds is 4. The zero-order chi connectivity index (χ0) is 19.7. The number of hydrogen-bond donors (Lipinski definition) is 0. The molecule has 2 aromatic rings. The standard InChI is InChI=1S/C21H22N2O3S2/c1-15-7-10-17(11-8-15)23-18-13-28(25,26)14-19(18)27-21(23)22-20(24)12-9-16-5-3-2-4-6-16/h2-8,10-11,18-19H,9,12-14H2,1H3/t18-,19+/m0/s1. The van der Waals surface area contributed by atoms with Crippen molar-refractivity contribution in [2.75, 3.05) is 16.4 Å². The summed E-state index contributed by atoms with van der Waals surface area (Å²) in [5.74, 6) is 0.0730. The van der Waals surface area contributed by atoms with Gasteiger partial charge in [0.25, 0.3) is 0 Å². The van der Waals surface area contributed by atoms with Gasteiger partial charge in [-0.1, -0.05) is 59.8 Å². The summed E-state index contributed by atoms with van der Waals surface area (Å²) in [6.45, 7) is 2.01. The minimum Gasteiger partial charge on any atom is -0.316 e. The molecule has 0 aliphatic carbocycles. The molecule has 0 bridgehead atoms. The van der Waals surface area contributed by atoms with E-state index in [4.69, 9.17) is 0 Å². The summed E-state index contributed by atoms with van der Waals surface area (Å²) in [7, 11) is -3.06. The molecule has 0 spiro atoms. The Kier molecular flexibility index (Phi) is 5.29. The zero-order valence-electron chi connectivity index (χ0n) is 15.6. The number of amides is 1. The number of amidine groups is 1. The van der Waals surface area contributed by atoms with E-state index in [1.165, 1.54) is 11.8 Å². The van der Waals surface area contributed by atoms with Gasteiger partial charge in [0.05, 0.1) is 17.5 Å². The molecule has 1 amide bonds. The molecule has 7 heteroatoms. The van der Waals surface area contributed by atoms with Crippen LogP contribution in [0, 0.1) is 6.92 Å². The maximum absolute atomic E-state index is 12.5. The molecular weight excluding hydrogens is 392 g/mol. The summed E-state index contributed by atoms with van der Waals surface area (Å²) in [6, 6.07) is 17.6. The maximum atomic E-state index is 12.5. The number of aryl methyl sites for hydroxylation is 2. The molecule has 146 valence electrons. The van der Waals surface area contributed by atoms with E-state index in [9.17, 15) is 13.2 Å². The van der Waals surface area contributed by atoms with Crippen molar-refractivity contribution in [1.82, 2.24) is 0 Å². The summed E-state index contributed by atoms with van der Waals surface area (Å²) in [5, 5.41) is 0.541. The summed E-state index contributed by atoms with van der Waals surface area (Å²) in [4.78, 5) is 18.8. The van der Waals surface area contributed by atoms with E-state index in [1.807, 2.05) is 66.4 Å². The third-order valence-electron chi connectivity index (χ3n) is 5.07. The van der Waals surface area contributed by atoms with Crippen LogP contribution in [-0.4, -0.2) is 42.3 Å². The molecule has 0 N–H and O–H groups in total. The highest BCUT2D eigenvalue weighted by Gasteiger charge is 2.49. The van der Waals surface area contributed by atoms with Crippen molar-refractivity contribution in [2.45, 2.75) is 31.1 Å². The molecule has 28 heavy (non-hydrogen) atoms. The van der Waals surface area contributed by atoms with Crippen LogP contribution in [0.2, 0.25) is 0 Å². The molecule has 2 heterocycles. The number of thioether (sulfide) groups is 1. The SMILES string of the molecule is Cc1ccc(N2C(=NC(=O)CCc3ccccc3)S[C@@H]3CS(=O)(=O)C[C@@H]32)cc1. The monoisotopic (exact) mass is 414 g/mol. The van der Waals surface area contributed by atoms with Crippen LogP contribution in [0.3, 0.4) is 0 Å². The van der Waals surface area contributed by atoms with E-state index in [2.05, 4.69) is 4.99 Å². The largest absolute Gasteiger partial charge is 0.316 e. The van der Waals surface area contributed by atoms with Gasteiger partial charge in [-0.05, 0) is 31.0 Å². The third kappa shape index (κ3) is 4.15. The van der Waals surface area contributed by atoms with Crippen LogP contribution < -0.4 is 4.90 Å². The smallest absolute Gasteiger partial charge is 0.248 e. The molecule has 5 nitrogen and oxygen atoms in total. The van der Waals surface area contributed by atoms with Gasteiger partial charge in [0.15, 0.2) is 15.0 Å². The molecular formula is C21H22N2O3S2. The van der Waals surface area contributed by atoms with Crippen molar-refractivity contribution in [3.05, 3.63) is 65.7 Å². The van der Waals surface area contributed by atoms with Crippen LogP contribution in [0.15, 0.2) is 59.6 Å². The molecule has 0 aromatic heterocycles. The predicted octanol–water partition coefficient (Wildman–Crippen LogP) is 3.23. The van der Waals surface area contributed by atoms with Crippen LogP contribution >= 0.6 is 11.8 Å². The van der Waals surface area contributed by atoms with Crippen molar-refractivity contribution < 1.29 is 13.2 Å². The first-order valence-electron chi connectivity index (χ1n) is 9.30. The summed E-state index contributed by atoms with van der Waals surface area (Å²) >= 11 is 1.42. The second-order valence-corrected chi connectivity index (χ2v) is 10.6. The number of benzene rings is 2. The quantitative estimate of drug-likeness (QED) is 0.768. The highest BCUT2D eigenvalue weighted by molar-refractivity contribution is 8.16. The minimum atomic E-state index is -3.06. The van der Waals surface area contributed by atoms with Gasteiger partial charge < -0.3 is 4.90 Å². The Labute approximate surface area is 169 Å². The first-order valence-corrected chi connectivity index (χ1v) is 12.0. The average Bonchev–Trinajstić information content (AvgIpc) is 3.12. The highest BCUT2D eigenvalue weighted by atomic mass is 32.2. The number of anilines is 1. The first-order chi connectivity index (χ1) is 13.4. The lowest BCUT2D eigenvalue weighted by molar-refractivity contribution is -0.117. The number of carbonyl (C=O) groups excluding carboxylic acids is 1. The van der Waals surface area contributed by atoms with Crippen LogP contribution in [0.4, 0.5) is 5.69 Å². The average molecular weight is 415 g/mol. The Morgan fingerprint density at radius 3 is 2.54 bits per heavy atom. The molecule has 2 fully saturated rings. The van der Waals surface area contributed by atoms with Gasteiger partial charge in [-0.25, -0.2) is 8.42 Å². The van der Waals surface area contributed by atoms with Crippen LogP contribution in [0.1, 0.15) is 17.5 Å². The van der Waals surface area contributed by atoms with Crippen molar-refractivity contribution in [3.8, 4) is 0 Å².